The van der Waals surface area contributed by atoms with Crippen LogP contribution < -0.4 is 4.90 Å². The van der Waals surface area contributed by atoms with E-state index >= 15 is 0 Å². The number of ether oxygens (including phenoxy) is 1. The highest BCUT2D eigenvalue weighted by Gasteiger charge is 2.28. The Labute approximate surface area is 149 Å². The summed E-state index contributed by atoms with van der Waals surface area (Å²) in [5.74, 6) is 0.342. The van der Waals surface area contributed by atoms with Crippen molar-refractivity contribution in [1.82, 2.24) is 9.80 Å². The van der Waals surface area contributed by atoms with Crippen LogP contribution in [0.25, 0.3) is 0 Å². The molecule has 1 aromatic rings. The van der Waals surface area contributed by atoms with Crippen LogP contribution in [0.5, 0.6) is 0 Å². The Kier molecular flexibility index (Phi) is 6.04. The SMILES string of the molecule is COCc1ccc(C(=O)N2CC[NH+](CC(=O)N3CCCC3)CC2)cc1. The van der Waals surface area contributed by atoms with Crippen LogP contribution in [-0.2, 0) is 16.1 Å². The van der Waals surface area contributed by atoms with Gasteiger partial charge in [-0.3, -0.25) is 9.59 Å². The third-order valence-corrected chi connectivity index (χ3v) is 5.13. The molecule has 0 bridgehead atoms. The van der Waals surface area contributed by atoms with Crippen molar-refractivity contribution in [1.29, 1.82) is 0 Å². The van der Waals surface area contributed by atoms with Crippen molar-refractivity contribution in [3.63, 3.8) is 0 Å². The number of nitrogens with zero attached hydrogens (tertiary/aromatic N) is 2. The lowest BCUT2D eigenvalue weighted by molar-refractivity contribution is -0.896. The maximum Gasteiger partial charge on any atom is 0.277 e. The van der Waals surface area contributed by atoms with E-state index in [9.17, 15) is 9.59 Å². The molecule has 1 N–H and O–H groups in total. The van der Waals surface area contributed by atoms with Gasteiger partial charge in [0.1, 0.15) is 0 Å². The van der Waals surface area contributed by atoms with Crippen LogP contribution in [-0.4, -0.2) is 74.5 Å². The molecule has 2 fully saturated rings. The molecule has 0 radical (unpaired) electrons. The summed E-state index contributed by atoms with van der Waals surface area (Å²) in [5, 5.41) is 0. The number of benzene rings is 1. The molecule has 25 heavy (non-hydrogen) atoms. The van der Waals surface area contributed by atoms with Crippen molar-refractivity contribution in [3.8, 4) is 0 Å². The molecule has 0 spiro atoms. The largest absolute Gasteiger partial charge is 0.380 e. The first kappa shape index (κ1) is 17.9. The van der Waals surface area contributed by atoms with Gasteiger partial charge in [0.2, 0.25) is 0 Å². The highest BCUT2D eigenvalue weighted by atomic mass is 16.5. The van der Waals surface area contributed by atoms with Gasteiger partial charge < -0.3 is 19.4 Å². The maximum atomic E-state index is 12.6. The normalized spacial score (nSPS) is 18.6. The second-order valence-corrected chi connectivity index (χ2v) is 6.94. The van der Waals surface area contributed by atoms with Crippen molar-refractivity contribution in [3.05, 3.63) is 35.4 Å². The summed E-state index contributed by atoms with van der Waals surface area (Å²) < 4.78 is 5.10. The van der Waals surface area contributed by atoms with E-state index in [4.69, 9.17) is 4.74 Å². The molecule has 2 heterocycles. The van der Waals surface area contributed by atoms with Crippen LogP contribution >= 0.6 is 0 Å². The van der Waals surface area contributed by atoms with E-state index in [0.717, 1.165) is 50.1 Å². The van der Waals surface area contributed by atoms with E-state index < -0.39 is 0 Å². The van der Waals surface area contributed by atoms with E-state index in [1.165, 1.54) is 4.90 Å². The number of hydrogen-bond acceptors (Lipinski definition) is 3. The molecular weight excluding hydrogens is 318 g/mol. The molecule has 0 saturated carbocycles. The number of quaternary nitrogens is 1. The minimum absolute atomic E-state index is 0.0777. The lowest BCUT2D eigenvalue weighted by Crippen LogP contribution is -3.15. The summed E-state index contributed by atoms with van der Waals surface area (Å²) in [6.45, 7) is 6.05. The zero-order valence-electron chi connectivity index (χ0n) is 15.0. The molecule has 1 aromatic carbocycles. The molecule has 2 aliphatic rings. The van der Waals surface area contributed by atoms with E-state index in [-0.39, 0.29) is 11.8 Å². The van der Waals surface area contributed by atoms with Crippen LogP contribution in [0, 0.1) is 0 Å². The standard InChI is InChI=1S/C19H27N3O3/c1-25-15-16-4-6-17(7-5-16)19(24)22-12-10-20(11-13-22)14-18(23)21-8-2-3-9-21/h4-7H,2-3,8-15H2,1H3/p+1. The first-order valence-electron chi connectivity index (χ1n) is 9.16. The minimum atomic E-state index is 0.0777. The number of carbonyl (C=O) groups excluding carboxylic acids is 2. The molecule has 2 aliphatic heterocycles. The third kappa shape index (κ3) is 4.58. The molecule has 2 saturated heterocycles. The van der Waals surface area contributed by atoms with Gasteiger partial charge in [0.15, 0.2) is 6.54 Å². The number of likely N-dealkylation sites (tertiary alicyclic amines) is 1. The highest BCUT2D eigenvalue weighted by molar-refractivity contribution is 5.94. The lowest BCUT2D eigenvalue weighted by atomic mass is 10.1. The number of amides is 2. The predicted octanol–water partition coefficient (Wildman–Crippen LogP) is -0.204. The smallest absolute Gasteiger partial charge is 0.277 e. The minimum Gasteiger partial charge on any atom is -0.380 e. The van der Waals surface area contributed by atoms with Crippen LogP contribution in [0.3, 0.4) is 0 Å². The van der Waals surface area contributed by atoms with Crippen LogP contribution in [0.2, 0.25) is 0 Å². The summed E-state index contributed by atoms with van der Waals surface area (Å²) >= 11 is 0. The summed E-state index contributed by atoms with van der Waals surface area (Å²) in [5.41, 5.74) is 1.78. The van der Waals surface area contributed by atoms with Gasteiger partial charge in [-0.1, -0.05) is 12.1 Å². The molecule has 0 unspecified atom stereocenters. The van der Waals surface area contributed by atoms with E-state index in [1.54, 1.807) is 7.11 Å². The highest BCUT2D eigenvalue weighted by Crippen LogP contribution is 2.09. The van der Waals surface area contributed by atoms with Gasteiger partial charge in [-0.05, 0) is 30.5 Å². The van der Waals surface area contributed by atoms with Gasteiger partial charge in [0.05, 0.1) is 32.8 Å². The Morgan fingerprint density at radius 3 is 2.24 bits per heavy atom. The van der Waals surface area contributed by atoms with E-state index in [2.05, 4.69) is 0 Å². The number of methoxy groups -OCH3 is 1. The number of nitrogens with one attached hydrogen (secondary N) is 1. The molecule has 0 aromatic heterocycles. The van der Waals surface area contributed by atoms with Crippen molar-refractivity contribution in [2.45, 2.75) is 19.4 Å². The molecule has 6 nitrogen and oxygen atoms in total. The quantitative estimate of drug-likeness (QED) is 0.803. The van der Waals surface area contributed by atoms with Crippen LogP contribution in [0.15, 0.2) is 24.3 Å². The Morgan fingerprint density at radius 2 is 1.64 bits per heavy atom. The Morgan fingerprint density at radius 1 is 1.00 bits per heavy atom. The Bertz CT molecular complexity index is 588. The van der Waals surface area contributed by atoms with E-state index in [1.807, 2.05) is 34.1 Å². The molecule has 2 amide bonds. The zero-order chi connectivity index (χ0) is 17.6. The van der Waals surface area contributed by atoms with Crippen molar-refractivity contribution in [2.24, 2.45) is 0 Å². The van der Waals surface area contributed by atoms with Crippen molar-refractivity contribution < 1.29 is 19.2 Å². The molecule has 6 heteroatoms. The third-order valence-electron chi connectivity index (χ3n) is 5.13. The van der Waals surface area contributed by atoms with Gasteiger partial charge in [0.25, 0.3) is 11.8 Å². The summed E-state index contributed by atoms with van der Waals surface area (Å²) in [7, 11) is 1.66. The molecule has 0 atom stereocenters. The number of rotatable bonds is 5. The average molecular weight is 346 g/mol. The van der Waals surface area contributed by atoms with Crippen molar-refractivity contribution in [2.75, 3.05) is 52.9 Å². The summed E-state index contributed by atoms with van der Waals surface area (Å²) in [6.07, 6.45) is 2.26. The number of carbonyl (C=O) groups is 2. The fourth-order valence-electron chi connectivity index (χ4n) is 3.59. The van der Waals surface area contributed by atoms with Crippen LogP contribution in [0.4, 0.5) is 0 Å². The monoisotopic (exact) mass is 346 g/mol. The zero-order valence-corrected chi connectivity index (χ0v) is 15.0. The first-order valence-corrected chi connectivity index (χ1v) is 9.16. The topological polar surface area (TPSA) is 54.3 Å². The molecule has 0 aliphatic carbocycles. The average Bonchev–Trinajstić information content (AvgIpc) is 3.18. The van der Waals surface area contributed by atoms with Gasteiger partial charge in [-0.25, -0.2) is 0 Å². The first-order chi connectivity index (χ1) is 12.2. The Hall–Kier alpha value is -1.92. The van der Waals surface area contributed by atoms with Gasteiger partial charge >= 0.3 is 0 Å². The van der Waals surface area contributed by atoms with Crippen molar-refractivity contribution >= 4 is 11.8 Å². The summed E-state index contributed by atoms with van der Waals surface area (Å²) in [4.78, 5) is 30.0. The van der Waals surface area contributed by atoms with Gasteiger partial charge in [0, 0.05) is 25.8 Å². The number of piperazine rings is 1. The number of hydrogen-bond donors (Lipinski definition) is 1. The maximum absolute atomic E-state index is 12.6. The summed E-state index contributed by atoms with van der Waals surface area (Å²) in [6, 6.07) is 7.61. The molecule has 3 rings (SSSR count). The van der Waals surface area contributed by atoms with Gasteiger partial charge in [-0.2, -0.15) is 0 Å². The Balaban J connectivity index is 1.47. The fraction of sp³-hybridized carbons (Fsp3) is 0.579. The fourth-order valence-corrected chi connectivity index (χ4v) is 3.59. The lowest BCUT2D eigenvalue weighted by Gasteiger charge is -2.32. The molecular formula is C19H28N3O3+. The van der Waals surface area contributed by atoms with Gasteiger partial charge in [-0.15, -0.1) is 0 Å². The van der Waals surface area contributed by atoms with E-state index in [0.29, 0.717) is 26.2 Å². The van der Waals surface area contributed by atoms with Crippen LogP contribution in [0.1, 0.15) is 28.8 Å². The molecule has 136 valence electrons. The second kappa shape index (κ2) is 8.45. The second-order valence-electron chi connectivity index (χ2n) is 6.94. The predicted molar refractivity (Wildman–Crippen MR) is 94.4 cm³/mol.